The topological polar surface area (TPSA) is 42.2 Å². The molecule has 0 aromatic carbocycles. The van der Waals surface area contributed by atoms with Crippen molar-refractivity contribution >= 4 is 16.5 Å². The number of nitrogens with zero attached hydrogens (tertiary/aromatic N) is 2. The zero-order chi connectivity index (χ0) is 12.1. The predicted molar refractivity (Wildman–Crippen MR) is 61.5 cm³/mol. The molecule has 1 aliphatic carbocycles. The molecule has 2 rings (SSSR count). The van der Waals surface area contributed by atoms with Crippen molar-refractivity contribution in [3.8, 4) is 0 Å². The van der Waals surface area contributed by atoms with E-state index in [4.69, 9.17) is 5.73 Å². The first-order valence-corrected chi connectivity index (χ1v) is 5.89. The Morgan fingerprint density at radius 1 is 1.50 bits per heavy atom. The summed E-state index contributed by atoms with van der Waals surface area (Å²) in [4.78, 5) is 6.75. The molecule has 1 aliphatic rings. The lowest BCUT2D eigenvalue weighted by atomic mass is 10.0. The molecule has 1 aromatic heterocycles. The van der Waals surface area contributed by atoms with Crippen LogP contribution in [0.5, 0.6) is 0 Å². The summed E-state index contributed by atoms with van der Waals surface area (Å²) in [7, 11) is 3.70. The van der Waals surface area contributed by atoms with Crippen LogP contribution in [-0.4, -0.2) is 31.5 Å². The van der Waals surface area contributed by atoms with Crippen LogP contribution in [0, 0.1) is 6.92 Å². The molecule has 0 bridgehead atoms. The second kappa shape index (κ2) is 3.37. The normalized spacial score (nSPS) is 26.9. The molecular weight excluding hydrogens is 232 g/mol. The number of hydrogen-bond donors (Lipinski definition) is 1. The molecule has 0 amide bonds. The van der Waals surface area contributed by atoms with Crippen molar-refractivity contribution in [1.82, 2.24) is 4.98 Å². The third-order valence-electron chi connectivity index (χ3n) is 3.05. The number of alkyl halides is 2. The number of halogens is 2. The van der Waals surface area contributed by atoms with E-state index < -0.39 is 11.3 Å². The number of rotatable bonds is 3. The van der Waals surface area contributed by atoms with E-state index in [0.717, 1.165) is 5.13 Å². The molecule has 90 valence electrons. The minimum absolute atomic E-state index is 0.0180. The smallest absolute Gasteiger partial charge is 0.261 e. The van der Waals surface area contributed by atoms with E-state index in [-0.39, 0.29) is 13.0 Å². The van der Waals surface area contributed by atoms with Gasteiger partial charge in [0.2, 0.25) is 0 Å². The lowest BCUT2D eigenvalue weighted by molar-refractivity contribution is 0.0902. The average Bonchev–Trinajstić information content (AvgIpc) is 2.54. The first-order valence-electron chi connectivity index (χ1n) is 5.07. The first-order chi connectivity index (χ1) is 7.34. The fourth-order valence-corrected chi connectivity index (χ4v) is 3.15. The Kier molecular flexibility index (Phi) is 2.47. The zero-order valence-electron chi connectivity index (χ0n) is 9.55. The van der Waals surface area contributed by atoms with E-state index in [1.165, 1.54) is 11.3 Å². The van der Waals surface area contributed by atoms with Gasteiger partial charge in [0.05, 0.1) is 11.1 Å². The second-order valence-corrected chi connectivity index (χ2v) is 5.45. The molecule has 1 aromatic rings. The minimum Gasteiger partial charge on any atom is -0.354 e. The lowest BCUT2D eigenvalue weighted by Gasteiger charge is -2.12. The third kappa shape index (κ3) is 1.43. The highest BCUT2D eigenvalue weighted by Gasteiger charge is 2.72. The van der Waals surface area contributed by atoms with Crippen molar-refractivity contribution in [2.75, 3.05) is 25.5 Å². The minimum atomic E-state index is -2.66. The van der Waals surface area contributed by atoms with Gasteiger partial charge in [0.25, 0.3) is 5.92 Å². The Bertz CT molecular complexity index is 416. The van der Waals surface area contributed by atoms with Gasteiger partial charge in [-0.2, -0.15) is 0 Å². The maximum absolute atomic E-state index is 13.4. The molecule has 16 heavy (non-hydrogen) atoms. The Balaban J connectivity index is 2.42. The summed E-state index contributed by atoms with van der Waals surface area (Å²) in [5.41, 5.74) is 5.04. The molecule has 1 saturated carbocycles. The Morgan fingerprint density at radius 3 is 2.38 bits per heavy atom. The standard InChI is InChI=1S/C10H15F2N3S/c1-6-7(16-8(14-6)15(2)3)9(5-13)4-10(9,11)12/h4-5,13H2,1-3H3. The summed E-state index contributed by atoms with van der Waals surface area (Å²) < 4.78 is 26.8. The van der Waals surface area contributed by atoms with Crippen molar-refractivity contribution in [3.63, 3.8) is 0 Å². The Labute approximate surface area is 97.3 Å². The highest BCUT2D eigenvalue weighted by atomic mass is 32.1. The lowest BCUT2D eigenvalue weighted by Crippen LogP contribution is -2.26. The number of nitrogens with two attached hydrogens (primary N) is 1. The van der Waals surface area contributed by atoms with Crippen LogP contribution >= 0.6 is 11.3 Å². The SMILES string of the molecule is Cc1nc(N(C)C)sc1C1(CN)CC1(F)F. The van der Waals surface area contributed by atoms with Crippen molar-refractivity contribution in [2.45, 2.75) is 24.7 Å². The fourth-order valence-electron chi connectivity index (χ4n) is 1.91. The second-order valence-electron chi connectivity index (χ2n) is 4.47. The van der Waals surface area contributed by atoms with Gasteiger partial charge in [-0.15, -0.1) is 11.3 Å². The van der Waals surface area contributed by atoms with Gasteiger partial charge < -0.3 is 10.6 Å². The van der Waals surface area contributed by atoms with E-state index in [2.05, 4.69) is 4.98 Å². The van der Waals surface area contributed by atoms with Gasteiger partial charge in [0.15, 0.2) is 5.13 Å². The molecular formula is C10H15F2N3S. The number of aryl methyl sites for hydroxylation is 1. The monoisotopic (exact) mass is 247 g/mol. The molecule has 1 atom stereocenters. The van der Waals surface area contributed by atoms with Gasteiger partial charge in [-0.25, -0.2) is 13.8 Å². The molecule has 1 heterocycles. The van der Waals surface area contributed by atoms with Gasteiger partial charge in [-0.05, 0) is 6.92 Å². The number of aromatic nitrogens is 1. The van der Waals surface area contributed by atoms with E-state index in [9.17, 15) is 8.78 Å². The van der Waals surface area contributed by atoms with Crippen LogP contribution in [0.1, 0.15) is 17.0 Å². The number of thiazole rings is 1. The predicted octanol–water partition coefficient (Wildman–Crippen LogP) is 1.75. The largest absolute Gasteiger partial charge is 0.354 e. The highest BCUT2D eigenvalue weighted by molar-refractivity contribution is 7.16. The maximum Gasteiger partial charge on any atom is 0.261 e. The molecule has 0 spiro atoms. The Hall–Kier alpha value is -0.750. The van der Waals surface area contributed by atoms with E-state index in [1.807, 2.05) is 19.0 Å². The van der Waals surface area contributed by atoms with Crippen LogP contribution in [0.4, 0.5) is 13.9 Å². The number of anilines is 1. The van der Waals surface area contributed by atoms with Gasteiger partial charge in [0, 0.05) is 31.9 Å². The van der Waals surface area contributed by atoms with Crippen LogP contribution < -0.4 is 10.6 Å². The molecule has 0 radical (unpaired) electrons. The maximum atomic E-state index is 13.4. The summed E-state index contributed by atoms with van der Waals surface area (Å²) in [6, 6.07) is 0. The van der Waals surface area contributed by atoms with Gasteiger partial charge >= 0.3 is 0 Å². The summed E-state index contributed by atoms with van der Waals surface area (Å²) in [6.07, 6.45) is -0.146. The quantitative estimate of drug-likeness (QED) is 0.885. The molecule has 3 nitrogen and oxygen atoms in total. The highest BCUT2D eigenvalue weighted by Crippen LogP contribution is 2.63. The summed E-state index contributed by atoms with van der Waals surface area (Å²) in [5.74, 6) is -2.66. The van der Waals surface area contributed by atoms with Crippen LogP contribution in [0.25, 0.3) is 0 Å². The van der Waals surface area contributed by atoms with Crippen LogP contribution in [0.3, 0.4) is 0 Å². The summed E-state index contributed by atoms with van der Waals surface area (Å²) in [6.45, 7) is 1.75. The number of hydrogen-bond acceptors (Lipinski definition) is 4. The molecule has 1 unspecified atom stereocenters. The van der Waals surface area contributed by atoms with Crippen molar-refractivity contribution in [3.05, 3.63) is 10.6 Å². The molecule has 1 fully saturated rings. The van der Waals surface area contributed by atoms with Crippen molar-refractivity contribution < 1.29 is 8.78 Å². The van der Waals surface area contributed by atoms with E-state index in [1.54, 1.807) is 6.92 Å². The fraction of sp³-hybridized carbons (Fsp3) is 0.700. The van der Waals surface area contributed by atoms with Crippen LogP contribution in [0.15, 0.2) is 0 Å². The summed E-state index contributed by atoms with van der Waals surface area (Å²) >= 11 is 1.32. The van der Waals surface area contributed by atoms with Gasteiger partial charge in [-0.3, -0.25) is 0 Å². The van der Waals surface area contributed by atoms with Crippen molar-refractivity contribution in [2.24, 2.45) is 5.73 Å². The van der Waals surface area contributed by atoms with E-state index >= 15 is 0 Å². The molecule has 0 aliphatic heterocycles. The van der Waals surface area contributed by atoms with Gasteiger partial charge in [0.1, 0.15) is 0 Å². The van der Waals surface area contributed by atoms with Gasteiger partial charge in [-0.1, -0.05) is 0 Å². The summed E-state index contributed by atoms with van der Waals surface area (Å²) in [5, 5.41) is 0.753. The first kappa shape index (κ1) is 11.7. The van der Waals surface area contributed by atoms with Crippen molar-refractivity contribution in [1.29, 1.82) is 0 Å². The molecule has 0 saturated heterocycles. The zero-order valence-corrected chi connectivity index (χ0v) is 10.4. The Morgan fingerprint density at radius 2 is 2.06 bits per heavy atom. The van der Waals surface area contributed by atoms with E-state index in [0.29, 0.717) is 10.6 Å². The average molecular weight is 247 g/mol. The molecule has 6 heteroatoms. The third-order valence-corrected chi connectivity index (χ3v) is 4.58. The van der Waals surface area contributed by atoms with Crippen LogP contribution in [0.2, 0.25) is 0 Å². The van der Waals surface area contributed by atoms with Crippen LogP contribution in [-0.2, 0) is 5.41 Å². The molecule has 2 N–H and O–H groups in total.